The van der Waals surface area contributed by atoms with E-state index in [1.54, 1.807) is 25.2 Å². The smallest absolute Gasteiger partial charge is 0.337 e. The van der Waals surface area contributed by atoms with Crippen LogP contribution in [0, 0.1) is 0 Å². The minimum Gasteiger partial charge on any atom is -0.478 e. The van der Waals surface area contributed by atoms with Gasteiger partial charge in [-0.15, -0.1) is 0 Å². The zero-order valence-corrected chi connectivity index (χ0v) is 12.1. The van der Waals surface area contributed by atoms with Gasteiger partial charge in [-0.3, -0.25) is 4.90 Å². The molecule has 0 radical (unpaired) electrons. The number of amides is 2. The summed E-state index contributed by atoms with van der Waals surface area (Å²) in [6, 6.07) is 6.11. The van der Waals surface area contributed by atoms with Crippen LogP contribution in [0.5, 0.6) is 0 Å². The number of carbonyl (C=O) groups excluding carboxylic acids is 1. The summed E-state index contributed by atoms with van der Waals surface area (Å²) in [7, 11) is 3.52. The Bertz CT molecular complexity index is 476. The van der Waals surface area contributed by atoms with E-state index in [0.29, 0.717) is 12.2 Å². The Morgan fingerprint density at radius 1 is 1.25 bits per heavy atom. The molecule has 0 heterocycles. The number of carbonyl (C=O) groups is 2. The van der Waals surface area contributed by atoms with Crippen LogP contribution in [0.1, 0.15) is 17.3 Å². The second-order valence-corrected chi connectivity index (χ2v) is 4.51. The number of hydrogen-bond donors (Lipinski definition) is 2. The number of carboxylic acid groups (broad SMARTS) is 1. The van der Waals surface area contributed by atoms with Gasteiger partial charge in [-0.05, 0) is 25.7 Å². The lowest BCUT2D eigenvalue weighted by Crippen LogP contribution is -2.41. The van der Waals surface area contributed by atoms with Crippen molar-refractivity contribution in [2.45, 2.75) is 6.92 Å². The molecule has 0 unspecified atom stereocenters. The first kappa shape index (κ1) is 16.0. The van der Waals surface area contributed by atoms with E-state index in [0.717, 1.165) is 13.1 Å². The molecule has 0 saturated carbocycles. The van der Waals surface area contributed by atoms with Gasteiger partial charge in [0.15, 0.2) is 0 Å². The molecular weight excluding hydrogens is 258 g/mol. The standard InChI is InChI=1S/C14H21N3O3/c1-4-16(2)10-9-15-14(20)17(3)12-8-6-5-7-11(12)13(18)19/h5-8H,4,9-10H2,1-3H3,(H,15,20)(H,18,19). The first-order chi connectivity index (χ1) is 9.47. The number of nitrogens with zero attached hydrogens (tertiary/aromatic N) is 2. The summed E-state index contributed by atoms with van der Waals surface area (Å²) in [4.78, 5) is 26.5. The zero-order chi connectivity index (χ0) is 15.1. The first-order valence-corrected chi connectivity index (χ1v) is 6.49. The molecule has 6 nitrogen and oxygen atoms in total. The monoisotopic (exact) mass is 279 g/mol. The summed E-state index contributed by atoms with van der Waals surface area (Å²) in [5, 5.41) is 11.9. The number of anilines is 1. The normalized spacial score (nSPS) is 10.4. The van der Waals surface area contributed by atoms with Crippen LogP contribution < -0.4 is 10.2 Å². The predicted octanol–water partition coefficient (Wildman–Crippen LogP) is 1.48. The fraction of sp³-hybridized carbons (Fsp3) is 0.429. The Labute approximate surface area is 119 Å². The van der Waals surface area contributed by atoms with Gasteiger partial charge in [0, 0.05) is 20.1 Å². The highest BCUT2D eigenvalue weighted by Gasteiger charge is 2.17. The second kappa shape index (κ2) is 7.49. The van der Waals surface area contributed by atoms with E-state index in [2.05, 4.69) is 10.2 Å². The molecular formula is C14H21N3O3. The van der Waals surface area contributed by atoms with E-state index in [1.165, 1.54) is 11.0 Å². The quantitative estimate of drug-likeness (QED) is 0.827. The Kier molecular flexibility index (Phi) is 5.99. The molecule has 6 heteroatoms. The molecule has 2 amide bonds. The number of carboxylic acids is 1. The zero-order valence-electron chi connectivity index (χ0n) is 12.1. The molecule has 0 spiro atoms. The number of para-hydroxylation sites is 1. The van der Waals surface area contributed by atoms with E-state index < -0.39 is 5.97 Å². The Balaban J connectivity index is 2.67. The average molecular weight is 279 g/mol. The van der Waals surface area contributed by atoms with Crippen LogP contribution in [0.2, 0.25) is 0 Å². The molecule has 0 aromatic heterocycles. The number of urea groups is 1. The molecule has 1 aromatic rings. The highest BCUT2D eigenvalue weighted by molar-refractivity contribution is 6.01. The maximum Gasteiger partial charge on any atom is 0.337 e. The Morgan fingerprint density at radius 2 is 1.90 bits per heavy atom. The van der Waals surface area contributed by atoms with Crippen LogP contribution in [0.4, 0.5) is 10.5 Å². The van der Waals surface area contributed by atoms with Crippen molar-refractivity contribution >= 4 is 17.7 Å². The molecule has 110 valence electrons. The second-order valence-electron chi connectivity index (χ2n) is 4.51. The van der Waals surface area contributed by atoms with Crippen molar-refractivity contribution in [2.75, 3.05) is 38.6 Å². The third-order valence-corrected chi connectivity index (χ3v) is 3.11. The summed E-state index contributed by atoms with van der Waals surface area (Å²) in [5.41, 5.74) is 0.483. The number of nitrogens with one attached hydrogen (secondary N) is 1. The summed E-state index contributed by atoms with van der Waals surface area (Å²) >= 11 is 0. The predicted molar refractivity (Wildman–Crippen MR) is 78.4 cm³/mol. The molecule has 0 aliphatic rings. The van der Waals surface area contributed by atoms with Crippen molar-refractivity contribution < 1.29 is 14.7 Å². The van der Waals surface area contributed by atoms with Gasteiger partial charge in [0.2, 0.25) is 0 Å². The molecule has 0 aliphatic carbocycles. The van der Waals surface area contributed by atoms with Crippen LogP contribution in [0.3, 0.4) is 0 Å². The van der Waals surface area contributed by atoms with Crippen molar-refractivity contribution in [3.05, 3.63) is 29.8 Å². The molecule has 1 aromatic carbocycles. The van der Waals surface area contributed by atoms with E-state index in [9.17, 15) is 9.59 Å². The number of benzene rings is 1. The van der Waals surface area contributed by atoms with Gasteiger partial charge in [0.25, 0.3) is 0 Å². The maximum absolute atomic E-state index is 12.0. The van der Waals surface area contributed by atoms with E-state index in [1.807, 2.05) is 14.0 Å². The third-order valence-electron chi connectivity index (χ3n) is 3.11. The highest BCUT2D eigenvalue weighted by atomic mass is 16.4. The maximum atomic E-state index is 12.0. The lowest BCUT2D eigenvalue weighted by Gasteiger charge is -2.21. The van der Waals surface area contributed by atoms with Crippen molar-refractivity contribution in [1.29, 1.82) is 0 Å². The number of aromatic carboxylic acids is 1. The number of rotatable bonds is 6. The van der Waals surface area contributed by atoms with E-state index in [-0.39, 0.29) is 11.6 Å². The molecule has 0 atom stereocenters. The Morgan fingerprint density at radius 3 is 2.50 bits per heavy atom. The van der Waals surface area contributed by atoms with Crippen LogP contribution in [0.15, 0.2) is 24.3 Å². The molecule has 20 heavy (non-hydrogen) atoms. The van der Waals surface area contributed by atoms with Crippen molar-refractivity contribution in [1.82, 2.24) is 10.2 Å². The highest BCUT2D eigenvalue weighted by Crippen LogP contribution is 2.18. The van der Waals surface area contributed by atoms with Crippen molar-refractivity contribution in [2.24, 2.45) is 0 Å². The van der Waals surface area contributed by atoms with E-state index >= 15 is 0 Å². The SMILES string of the molecule is CCN(C)CCNC(=O)N(C)c1ccccc1C(=O)O. The minimum absolute atomic E-state index is 0.107. The molecule has 0 aliphatic heterocycles. The van der Waals surface area contributed by atoms with E-state index in [4.69, 9.17) is 5.11 Å². The van der Waals surface area contributed by atoms with Crippen LogP contribution >= 0.6 is 0 Å². The Hall–Kier alpha value is -2.08. The fourth-order valence-corrected chi connectivity index (χ4v) is 1.69. The van der Waals surface area contributed by atoms with Gasteiger partial charge in [-0.1, -0.05) is 19.1 Å². The van der Waals surface area contributed by atoms with Gasteiger partial charge in [-0.2, -0.15) is 0 Å². The van der Waals surface area contributed by atoms with Crippen LogP contribution in [-0.4, -0.2) is 55.7 Å². The van der Waals surface area contributed by atoms with Gasteiger partial charge in [0.05, 0.1) is 11.3 Å². The van der Waals surface area contributed by atoms with Crippen LogP contribution in [0.25, 0.3) is 0 Å². The number of likely N-dealkylation sites (N-methyl/N-ethyl adjacent to an activating group) is 1. The van der Waals surface area contributed by atoms with Gasteiger partial charge < -0.3 is 15.3 Å². The fourth-order valence-electron chi connectivity index (χ4n) is 1.69. The lowest BCUT2D eigenvalue weighted by atomic mass is 10.1. The lowest BCUT2D eigenvalue weighted by molar-refractivity contribution is 0.0697. The topological polar surface area (TPSA) is 72.9 Å². The molecule has 1 rings (SSSR count). The largest absolute Gasteiger partial charge is 0.478 e. The molecule has 2 N–H and O–H groups in total. The van der Waals surface area contributed by atoms with Gasteiger partial charge in [0.1, 0.15) is 0 Å². The van der Waals surface area contributed by atoms with Crippen molar-refractivity contribution in [3.63, 3.8) is 0 Å². The summed E-state index contributed by atoms with van der Waals surface area (Å²) < 4.78 is 0. The van der Waals surface area contributed by atoms with Crippen molar-refractivity contribution in [3.8, 4) is 0 Å². The average Bonchev–Trinajstić information content (AvgIpc) is 2.45. The minimum atomic E-state index is -1.05. The molecule has 0 saturated heterocycles. The summed E-state index contributed by atoms with van der Waals surface area (Å²) in [6.45, 7) is 4.21. The van der Waals surface area contributed by atoms with Gasteiger partial charge in [-0.25, -0.2) is 9.59 Å². The number of hydrogen-bond acceptors (Lipinski definition) is 3. The third kappa shape index (κ3) is 4.24. The van der Waals surface area contributed by atoms with Gasteiger partial charge >= 0.3 is 12.0 Å². The van der Waals surface area contributed by atoms with Crippen LogP contribution in [-0.2, 0) is 0 Å². The first-order valence-electron chi connectivity index (χ1n) is 6.49. The summed E-state index contributed by atoms with van der Waals surface area (Å²) in [5.74, 6) is -1.05. The molecule has 0 fully saturated rings. The molecule has 0 bridgehead atoms. The summed E-state index contributed by atoms with van der Waals surface area (Å²) in [6.07, 6.45) is 0.